The summed E-state index contributed by atoms with van der Waals surface area (Å²) in [5.74, 6) is -0.861. The molecule has 96 valence electrons. The molecule has 3 aromatic rings. The standard InChI is InChI=1S/C13H8O6/c1-17-12(15)8-2-7-5-11-9(13(16)19-18-11)3-6(7)4-10(8)14/h2-5,14H,1H3. The molecular weight excluding hydrogens is 252 g/mol. The van der Waals surface area contributed by atoms with Crippen molar-refractivity contribution >= 4 is 27.7 Å². The van der Waals surface area contributed by atoms with E-state index in [2.05, 4.69) is 9.31 Å². The summed E-state index contributed by atoms with van der Waals surface area (Å²) in [5, 5.41) is 11.3. The number of fused-ring (bicyclic) bond motifs is 2. The summed E-state index contributed by atoms with van der Waals surface area (Å²) < 4.78 is 13.7. The molecule has 0 unspecified atom stereocenters. The Bertz CT molecular complexity index is 855. The molecule has 0 aliphatic heterocycles. The zero-order chi connectivity index (χ0) is 13.6. The van der Waals surface area contributed by atoms with Crippen LogP contribution >= 0.6 is 0 Å². The van der Waals surface area contributed by atoms with Gasteiger partial charge in [-0.1, -0.05) is 0 Å². The number of methoxy groups -OCH3 is 1. The molecule has 0 amide bonds. The average Bonchev–Trinajstić information content (AvgIpc) is 2.76. The first kappa shape index (κ1) is 11.3. The van der Waals surface area contributed by atoms with Crippen molar-refractivity contribution < 1.29 is 23.8 Å². The lowest BCUT2D eigenvalue weighted by Crippen LogP contribution is -2.01. The molecule has 6 heteroatoms. The molecule has 0 aliphatic rings. The molecule has 0 fully saturated rings. The number of hydrogen-bond donors (Lipinski definition) is 1. The highest BCUT2D eigenvalue weighted by Gasteiger charge is 2.15. The summed E-state index contributed by atoms with van der Waals surface area (Å²) in [7, 11) is 1.23. The Balaban J connectivity index is 2.36. The highest BCUT2D eigenvalue weighted by atomic mass is 17.0. The van der Waals surface area contributed by atoms with Gasteiger partial charge in [0.05, 0.1) is 7.11 Å². The van der Waals surface area contributed by atoms with Gasteiger partial charge in [0.1, 0.15) is 16.7 Å². The van der Waals surface area contributed by atoms with Crippen LogP contribution in [0.1, 0.15) is 10.4 Å². The molecule has 1 N–H and O–H groups in total. The summed E-state index contributed by atoms with van der Waals surface area (Å²) in [4.78, 5) is 22.8. The van der Waals surface area contributed by atoms with Gasteiger partial charge in [-0.3, -0.25) is 4.58 Å². The van der Waals surface area contributed by atoms with Crippen molar-refractivity contribution in [2.24, 2.45) is 0 Å². The quantitative estimate of drug-likeness (QED) is 0.531. The number of hydrogen-bond acceptors (Lipinski definition) is 6. The van der Waals surface area contributed by atoms with Gasteiger partial charge in [0.25, 0.3) is 0 Å². The fraction of sp³-hybridized carbons (Fsp3) is 0.0769. The molecule has 19 heavy (non-hydrogen) atoms. The van der Waals surface area contributed by atoms with E-state index in [4.69, 9.17) is 4.58 Å². The van der Waals surface area contributed by atoms with E-state index in [1.54, 1.807) is 6.07 Å². The second-order valence-electron chi connectivity index (χ2n) is 4.01. The number of esters is 1. The zero-order valence-corrected chi connectivity index (χ0v) is 9.80. The van der Waals surface area contributed by atoms with E-state index >= 15 is 0 Å². The molecule has 0 saturated carbocycles. The van der Waals surface area contributed by atoms with Crippen molar-refractivity contribution in [1.29, 1.82) is 0 Å². The molecule has 0 spiro atoms. The van der Waals surface area contributed by atoms with Crippen LogP contribution < -0.4 is 5.63 Å². The number of benzene rings is 2. The number of carbonyl (C=O) groups is 1. The van der Waals surface area contributed by atoms with Crippen LogP contribution in [0.25, 0.3) is 21.7 Å². The van der Waals surface area contributed by atoms with Gasteiger partial charge in [0.2, 0.25) is 0 Å². The largest absolute Gasteiger partial charge is 0.507 e. The third-order valence-corrected chi connectivity index (χ3v) is 2.89. The van der Waals surface area contributed by atoms with Crippen LogP contribution in [0.15, 0.2) is 38.2 Å². The van der Waals surface area contributed by atoms with Crippen LogP contribution in [0.3, 0.4) is 0 Å². The van der Waals surface area contributed by atoms with Gasteiger partial charge in [0.15, 0.2) is 5.58 Å². The van der Waals surface area contributed by atoms with Crippen molar-refractivity contribution in [1.82, 2.24) is 0 Å². The lowest BCUT2D eigenvalue weighted by molar-refractivity contribution is 0.0597. The minimum absolute atomic E-state index is 0.0418. The highest BCUT2D eigenvalue weighted by Crippen LogP contribution is 2.28. The molecule has 0 bridgehead atoms. The summed E-state index contributed by atoms with van der Waals surface area (Å²) in [6, 6.07) is 5.93. The Kier molecular flexibility index (Phi) is 2.31. The first-order valence-electron chi connectivity index (χ1n) is 5.38. The van der Waals surface area contributed by atoms with Crippen molar-refractivity contribution in [2.75, 3.05) is 7.11 Å². The van der Waals surface area contributed by atoms with Gasteiger partial charge < -0.3 is 9.84 Å². The topological polar surface area (TPSA) is 89.9 Å². The Morgan fingerprint density at radius 2 is 1.89 bits per heavy atom. The SMILES string of the molecule is COC(=O)c1cc2cc3ooc(=O)c3cc2cc1O. The van der Waals surface area contributed by atoms with Crippen LogP contribution in [0, 0.1) is 0 Å². The Labute approximate surface area is 105 Å². The van der Waals surface area contributed by atoms with Crippen molar-refractivity contribution in [3.8, 4) is 5.75 Å². The summed E-state index contributed by atoms with van der Waals surface area (Å²) in [6.45, 7) is 0. The van der Waals surface area contributed by atoms with Crippen LogP contribution in [-0.2, 0) is 4.74 Å². The molecule has 1 heterocycles. The third-order valence-electron chi connectivity index (χ3n) is 2.89. The van der Waals surface area contributed by atoms with Crippen molar-refractivity contribution in [2.45, 2.75) is 0 Å². The minimum Gasteiger partial charge on any atom is -0.507 e. The number of rotatable bonds is 1. The van der Waals surface area contributed by atoms with E-state index in [1.165, 1.54) is 25.3 Å². The Morgan fingerprint density at radius 1 is 1.16 bits per heavy atom. The fourth-order valence-corrected chi connectivity index (χ4v) is 1.95. The molecule has 1 aromatic heterocycles. The van der Waals surface area contributed by atoms with Gasteiger partial charge in [-0.15, -0.1) is 0 Å². The molecule has 2 aromatic carbocycles. The smallest absolute Gasteiger partial charge is 0.390 e. The number of ether oxygens (including phenoxy) is 1. The van der Waals surface area contributed by atoms with Crippen LogP contribution in [0.5, 0.6) is 5.75 Å². The normalized spacial score (nSPS) is 11.0. The van der Waals surface area contributed by atoms with Crippen molar-refractivity contribution in [3.63, 3.8) is 0 Å². The van der Waals surface area contributed by atoms with Gasteiger partial charge in [-0.2, -0.15) is 0 Å². The maximum absolute atomic E-state index is 11.5. The minimum atomic E-state index is -0.645. The van der Waals surface area contributed by atoms with Crippen LogP contribution in [-0.4, -0.2) is 18.2 Å². The third kappa shape index (κ3) is 1.65. The lowest BCUT2D eigenvalue weighted by Gasteiger charge is -2.04. The number of carbonyl (C=O) groups excluding carboxylic acids is 1. The van der Waals surface area contributed by atoms with Gasteiger partial charge in [-0.05, 0) is 35.0 Å². The molecule has 0 atom stereocenters. The lowest BCUT2D eigenvalue weighted by atomic mass is 10.0. The number of phenols is 1. The Morgan fingerprint density at radius 3 is 2.63 bits per heavy atom. The first-order valence-corrected chi connectivity index (χ1v) is 5.38. The van der Waals surface area contributed by atoms with E-state index in [-0.39, 0.29) is 22.3 Å². The summed E-state index contributed by atoms with van der Waals surface area (Å²) in [5.41, 5.74) is -0.271. The second-order valence-corrected chi connectivity index (χ2v) is 4.01. The second kappa shape index (κ2) is 3.88. The van der Waals surface area contributed by atoms with E-state index < -0.39 is 11.6 Å². The van der Waals surface area contributed by atoms with Crippen LogP contribution in [0.2, 0.25) is 0 Å². The maximum atomic E-state index is 11.5. The van der Waals surface area contributed by atoms with E-state index in [1.807, 2.05) is 0 Å². The molecule has 0 saturated heterocycles. The predicted molar refractivity (Wildman–Crippen MR) is 65.3 cm³/mol. The fourth-order valence-electron chi connectivity index (χ4n) is 1.95. The summed E-state index contributed by atoms with van der Waals surface area (Å²) in [6.07, 6.45) is 0. The van der Waals surface area contributed by atoms with Gasteiger partial charge >= 0.3 is 11.6 Å². The average molecular weight is 260 g/mol. The van der Waals surface area contributed by atoms with Gasteiger partial charge in [-0.25, -0.2) is 14.2 Å². The molecule has 6 nitrogen and oxygen atoms in total. The van der Waals surface area contributed by atoms with Crippen molar-refractivity contribution in [3.05, 3.63) is 40.2 Å². The first-order chi connectivity index (χ1) is 9.10. The number of phenolic OH excluding ortho intramolecular Hbond substituents is 1. The van der Waals surface area contributed by atoms with E-state index in [0.717, 1.165) is 0 Å². The maximum Gasteiger partial charge on any atom is 0.390 e. The zero-order valence-electron chi connectivity index (χ0n) is 9.80. The highest BCUT2D eigenvalue weighted by molar-refractivity contribution is 6.02. The van der Waals surface area contributed by atoms with E-state index in [9.17, 15) is 14.7 Å². The number of aromatic hydroxyl groups is 1. The molecular formula is C13H8O6. The molecule has 3 rings (SSSR count). The molecule has 0 aliphatic carbocycles. The Hall–Kier alpha value is -2.76. The van der Waals surface area contributed by atoms with Gasteiger partial charge in [0, 0.05) is 0 Å². The molecule has 0 radical (unpaired) electrons. The predicted octanol–water partition coefficient (Wildman–Crippen LogP) is 2.03. The van der Waals surface area contributed by atoms with Crippen LogP contribution in [0.4, 0.5) is 0 Å². The monoisotopic (exact) mass is 260 g/mol. The summed E-state index contributed by atoms with van der Waals surface area (Å²) >= 11 is 0. The van der Waals surface area contributed by atoms with E-state index in [0.29, 0.717) is 10.8 Å².